The summed E-state index contributed by atoms with van der Waals surface area (Å²) in [6.07, 6.45) is 1.91. The van der Waals surface area contributed by atoms with Crippen molar-refractivity contribution in [1.82, 2.24) is 4.98 Å². The number of carbonyl (C=O) groups is 1. The van der Waals surface area contributed by atoms with Crippen LogP contribution in [0.25, 0.3) is 21.0 Å². The molecule has 170 valence electrons. The number of rotatable bonds is 7. The number of hydrogen-bond acceptors (Lipinski definition) is 6. The summed E-state index contributed by atoms with van der Waals surface area (Å²) in [5, 5.41) is 2.65. The van der Waals surface area contributed by atoms with Gasteiger partial charge in [0.25, 0.3) is 5.91 Å². The largest absolute Gasteiger partial charge is 0.496 e. The molecule has 0 aliphatic carbocycles. The Bertz CT molecular complexity index is 1300. The van der Waals surface area contributed by atoms with E-state index in [1.807, 2.05) is 61.5 Å². The van der Waals surface area contributed by atoms with Crippen LogP contribution in [0.1, 0.15) is 30.1 Å². The maximum atomic E-state index is 14.0. The molecule has 5 rings (SSSR count). The second-order valence-electron chi connectivity index (χ2n) is 7.98. The van der Waals surface area contributed by atoms with Crippen LogP contribution in [0.15, 0.2) is 54.6 Å². The molecular formula is C26H26N2O4S. The fourth-order valence-electron chi connectivity index (χ4n) is 4.24. The third-order valence-electron chi connectivity index (χ3n) is 5.85. The van der Waals surface area contributed by atoms with Gasteiger partial charge in [-0.05, 0) is 54.8 Å². The van der Waals surface area contributed by atoms with E-state index in [0.717, 1.165) is 46.2 Å². The first-order chi connectivity index (χ1) is 16.2. The third kappa shape index (κ3) is 4.26. The quantitative estimate of drug-likeness (QED) is 0.353. The molecule has 0 N–H and O–H groups in total. The van der Waals surface area contributed by atoms with Crippen molar-refractivity contribution in [3.05, 3.63) is 60.2 Å². The first-order valence-electron chi connectivity index (χ1n) is 11.2. The molecule has 1 aromatic heterocycles. The SMILES string of the molecule is CCOc1cccc2sc(N(CC3CCCO3)C(=O)c3cc4ccccc4cc3OC)nc12. The molecule has 1 aliphatic heterocycles. The number of anilines is 1. The number of methoxy groups -OCH3 is 1. The van der Waals surface area contributed by atoms with Crippen molar-refractivity contribution < 1.29 is 19.0 Å². The van der Waals surface area contributed by atoms with E-state index in [1.165, 1.54) is 11.3 Å². The predicted molar refractivity (Wildman–Crippen MR) is 132 cm³/mol. The molecule has 0 spiro atoms. The number of hydrogen-bond donors (Lipinski definition) is 0. The number of carbonyl (C=O) groups excluding carboxylic acids is 1. The summed E-state index contributed by atoms with van der Waals surface area (Å²) >= 11 is 1.49. The number of benzene rings is 3. The van der Waals surface area contributed by atoms with Gasteiger partial charge in [-0.25, -0.2) is 4.98 Å². The number of aromatic nitrogens is 1. The zero-order valence-electron chi connectivity index (χ0n) is 18.7. The minimum atomic E-state index is -0.148. The van der Waals surface area contributed by atoms with Crippen molar-refractivity contribution in [2.24, 2.45) is 0 Å². The average Bonchev–Trinajstić information content (AvgIpc) is 3.51. The number of amides is 1. The summed E-state index contributed by atoms with van der Waals surface area (Å²) in [6.45, 7) is 3.67. The van der Waals surface area contributed by atoms with Gasteiger partial charge in [-0.3, -0.25) is 9.69 Å². The number of para-hydroxylation sites is 1. The van der Waals surface area contributed by atoms with Crippen molar-refractivity contribution in [1.29, 1.82) is 0 Å². The summed E-state index contributed by atoms with van der Waals surface area (Å²) in [5.41, 5.74) is 1.29. The van der Waals surface area contributed by atoms with Gasteiger partial charge in [-0.15, -0.1) is 0 Å². The Morgan fingerprint density at radius 1 is 1.15 bits per heavy atom. The molecule has 2 heterocycles. The molecule has 33 heavy (non-hydrogen) atoms. The molecule has 3 aromatic carbocycles. The minimum absolute atomic E-state index is 0.0150. The Labute approximate surface area is 196 Å². The van der Waals surface area contributed by atoms with Crippen molar-refractivity contribution >= 4 is 43.4 Å². The molecule has 0 bridgehead atoms. The molecule has 6 nitrogen and oxygen atoms in total. The third-order valence-corrected chi connectivity index (χ3v) is 6.90. The summed E-state index contributed by atoms with van der Waals surface area (Å²) in [6, 6.07) is 17.6. The normalized spacial score (nSPS) is 15.8. The monoisotopic (exact) mass is 462 g/mol. The Balaban J connectivity index is 1.60. The van der Waals surface area contributed by atoms with Gasteiger partial charge in [0.1, 0.15) is 17.0 Å². The average molecular weight is 463 g/mol. The lowest BCUT2D eigenvalue weighted by atomic mass is 10.0. The van der Waals surface area contributed by atoms with E-state index in [0.29, 0.717) is 29.6 Å². The van der Waals surface area contributed by atoms with E-state index in [4.69, 9.17) is 19.2 Å². The number of ether oxygens (including phenoxy) is 3. The van der Waals surface area contributed by atoms with Crippen LogP contribution >= 0.6 is 11.3 Å². The first-order valence-corrected chi connectivity index (χ1v) is 12.0. The number of fused-ring (bicyclic) bond motifs is 2. The van der Waals surface area contributed by atoms with Crippen molar-refractivity contribution in [3.8, 4) is 11.5 Å². The molecule has 4 aromatic rings. The van der Waals surface area contributed by atoms with Gasteiger partial charge in [-0.2, -0.15) is 0 Å². The highest BCUT2D eigenvalue weighted by atomic mass is 32.1. The lowest BCUT2D eigenvalue weighted by Gasteiger charge is -2.24. The second-order valence-corrected chi connectivity index (χ2v) is 8.99. The molecule has 7 heteroatoms. The highest BCUT2D eigenvalue weighted by molar-refractivity contribution is 7.22. The van der Waals surface area contributed by atoms with E-state index < -0.39 is 0 Å². The van der Waals surface area contributed by atoms with Crippen LogP contribution in [-0.2, 0) is 4.74 Å². The topological polar surface area (TPSA) is 60.9 Å². The van der Waals surface area contributed by atoms with Crippen LogP contribution in [0.4, 0.5) is 5.13 Å². The number of thiazole rings is 1. The zero-order chi connectivity index (χ0) is 22.8. The van der Waals surface area contributed by atoms with Gasteiger partial charge in [-0.1, -0.05) is 41.7 Å². The van der Waals surface area contributed by atoms with Gasteiger partial charge in [0, 0.05) is 6.61 Å². The van der Waals surface area contributed by atoms with Gasteiger partial charge < -0.3 is 14.2 Å². The predicted octanol–water partition coefficient (Wildman–Crippen LogP) is 5.68. The maximum absolute atomic E-state index is 14.0. The Morgan fingerprint density at radius 2 is 1.97 bits per heavy atom. The highest BCUT2D eigenvalue weighted by Gasteiger charge is 2.29. The molecular weight excluding hydrogens is 436 g/mol. The summed E-state index contributed by atoms with van der Waals surface area (Å²) in [7, 11) is 1.59. The second kappa shape index (κ2) is 9.37. The van der Waals surface area contributed by atoms with Crippen LogP contribution < -0.4 is 14.4 Å². The van der Waals surface area contributed by atoms with E-state index in [2.05, 4.69) is 0 Å². The molecule has 1 aliphatic rings. The smallest absolute Gasteiger partial charge is 0.263 e. The molecule has 1 saturated heterocycles. The van der Waals surface area contributed by atoms with E-state index in [9.17, 15) is 4.79 Å². The van der Waals surface area contributed by atoms with Crippen LogP contribution in [-0.4, -0.2) is 43.9 Å². The van der Waals surface area contributed by atoms with Crippen LogP contribution in [0.3, 0.4) is 0 Å². The van der Waals surface area contributed by atoms with Crippen LogP contribution in [0.2, 0.25) is 0 Å². The van der Waals surface area contributed by atoms with Gasteiger partial charge in [0.05, 0.1) is 36.6 Å². The highest BCUT2D eigenvalue weighted by Crippen LogP contribution is 2.36. The number of nitrogens with zero attached hydrogens (tertiary/aromatic N) is 2. The van der Waals surface area contributed by atoms with E-state index in [-0.39, 0.29) is 12.0 Å². The van der Waals surface area contributed by atoms with E-state index >= 15 is 0 Å². The van der Waals surface area contributed by atoms with Crippen molar-refractivity contribution in [2.75, 3.05) is 31.8 Å². The minimum Gasteiger partial charge on any atom is -0.496 e. The summed E-state index contributed by atoms with van der Waals surface area (Å²) in [5.74, 6) is 1.13. The van der Waals surface area contributed by atoms with Crippen LogP contribution in [0, 0.1) is 0 Å². The lowest BCUT2D eigenvalue weighted by molar-refractivity contribution is 0.0915. The molecule has 0 radical (unpaired) electrons. The molecule has 0 saturated carbocycles. The van der Waals surface area contributed by atoms with Gasteiger partial charge in [0.2, 0.25) is 0 Å². The maximum Gasteiger partial charge on any atom is 0.263 e. The molecule has 1 unspecified atom stereocenters. The first kappa shape index (κ1) is 21.7. The lowest BCUT2D eigenvalue weighted by Crippen LogP contribution is -2.37. The van der Waals surface area contributed by atoms with Gasteiger partial charge >= 0.3 is 0 Å². The summed E-state index contributed by atoms with van der Waals surface area (Å²) in [4.78, 5) is 20.5. The molecule has 1 amide bonds. The zero-order valence-corrected chi connectivity index (χ0v) is 19.6. The van der Waals surface area contributed by atoms with E-state index in [1.54, 1.807) is 12.0 Å². The standard InChI is InChI=1S/C26H26N2O4S/c1-3-31-21-11-6-12-23-24(21)27-26(33-23)28(16-19-10-7-13-32-19)25(29)20-14-17-8-4-5-9-18(17)15-22(20)30-2/h4-6,8-9,11-12,14-15,19H,3,7,10,13,16H2,1-2H3. The summed E-state index contributed by atoms with van der Waals surface area (Å²) < 4.78 is 18.3. The Kier molecular flexibility index (Phi) is 6.15. The Morgan fingerprint density at radius 3 is 2.70 bits per heavy atom. The van der Waals surface area contributed by atoms with Crippen LogP contribution in [0.5, 0.6) is 11.5 Å². The molecule has 1 fully saturated rings. The molecule has 1 atom stereocenters. The fourth-order valence-corrected chi connectivity index (χ4v) is 5.23. The van der Waals surface area contributed by atoms with Crippen molar-refractivity contribution in [2.45, 2.75) is 25.9 Å². The fraction of sp³-hybridized carbons (Fsp3) is 0.308. The Hall–Kier alpha value is -3.16. The van der Waals surface area contributed by atoms with Crippen molar-refractivity contribution in [3.63, 3.8) is 0 Å². The van der Waals surface area contributed by atoms with Gasteiger partial charge in [0.15, 0.2) is 5.13 Å².